The second-order valence-electron chi connectivity index (χ2n) is 6.19. The molecule has 2 rings (SSSR count). The van der Waals surface area contributed by atoms with Crippen LogP contribution in [0.1, 0.15) is 18.1 Å². The zero-order valence-corrected chi connectivity index (χ0v) is 16.7. The van der Waals surface area contributed by atoms with Crippen molar-refractivity contribution in [2.75, 3.05) is 10.6 Å². The van der Waals surface area contributed by atoms with Gasteiger partial charge in [0.2, 0.25) is 11.8 Å². The molecule has 7 heteroatoms. The molecule has 0 saturated carbocycles. The lowest BCUT2D eigenvalue weighted by Crippen LogP contribution is -2.23. The van der Waals surface area contributed by atoms with E-state index in [0.29, 0.717) is 5.69 Å². The highest BCUT2D eigenvalue weighted by Gasteiger charge is 2.16. The Morgan fingerprint density at radius 3 is 2.46 bits per heavy atom. The minimum absolute atomic E-state index is 0.113. The summed E-state index contributed by atoms with van der Waals surface area (Å²) in [7, 11) is 0. The van der Waals surface area contributed by atoms with Gasteiger partial charge < -0.3 is 15.7 Å². The molecule has 0 fully saturated rings. The van der Waals surface area contributed by atoms with Gasteiger partial charge in [-0.25, -0.2) is 4.79 Å². The molecule has 2 aromatic rings. The second-order valence-corrected chi connectivity index (χ2v) is 7.60. The molecule has 0 radical (unpaired) electrons. The van der Waals surface area contributed by atoms with Crippen molar-refractivity contribution >= 4 is 40.9 Å². The van der Waals surface area contributed by atoms with Gasteiger partial charge in [0.15, 0.2) is 0 Å². The molecule has 3 N–H and O–H groups in total. The van der Waals surface area contributed by atoms with Gasteiger partial charge in [-0.05, 0) is 56.2 Å². The first-order chi connectivity index (χ1) is 13.3. The Hall–Kier alpha value is -3.06. The van der Waals surface area contributed by atoms with Gasteiger partial charge in [0.05, 0.1) is 5.25 Å². The van der Waals surface area contributed by atoms with E-state index in [9.17, 15) is 14.4 Å². The molecule has 1 atom stereocenters. The van der Waals surface area contributed by atoms with Crippen molar-refractivity contribution in [1.82, 2.24) is 0 Å². The Bertz CT molecular complexity index is 924. The summed E-state index contributed by atoms with van der Waals surface area (Å²) in [6.45, 7) is 5.77. The van der Waals surface area contributed by atoms with E-state index in [1.807, 2.05) is 45.0 Å². The Balaban J connectivity index is 2.00. The summed E-state index contributed by atoms with van der Waals surface area (Å²) in [4.78, 5) is 35.5. The summed E-state index contributed by atoms with van der Waals surface area (Å²) in [5.74, 6) is -1.84. The molecule has 28 heavy (non-hydrogen) atoms. The number of aryl methyl sites for hydroxylation is 1. The first-order valence-electron chi connectivity index (χ1n) is 8.62. The Morgan fingerprint density at radius 2 is 1.75 bits per heavy atom. The molecule has 0 saturated heterocycles. The molecule has 0 aliphatic rings. The smallest absolute Gasteiger partial charge is 0.328 e. The largest absolute Gasteiger partial charge is 0.478 e. The first-order valence-corrected chi connectivity index (χ1v) is 9.50. The van der Waals surface area contributed by atoms with E-state index in [1.54, 1.807) is 18.2 Å². The average Bonchev–Trinajstić information content (AvgIpc) is 2.64. The highest BCUT2D eigenvalue weighted by molar-refractivity contribution is 8.00. The van der Waals surface area contributed by atoms with Crippen molar-refractivity contribution in [1.29, 1.82) is 0 Å². The number of carbonyl (C=O) groups is 3. The van der Waals surface area contributed by atoms with Crippen LogP contribution in [-0.4, -0.2) is 28.1 Å². The van der Waals surface area contributed by atoms with Gasteiger partial charge in [-0.3, -0.25) is 9.59 Å². The van der Waals surface area contributed by atoms with E-state index >= 15 is 0 Å². The third-order valence-corrected chi connectivity index (χ3v) is 5.12. The van der Waals surface area contributed by atoms with Gasteiger partial charge in [-0.15, -0.1) is 11.8 Å². The molecule has 0 heterocycles. The van der Waals surface area contributed by atoms with Gasteiger partial charge in [-0.2, -0.15) is 0 Å². The summed E-state index contributed by atoms with van der Waals surface area (Å²) in [6, 6.07) is 12.8. The Labute approximate surface area is 168 Å². The molecule has 146 valence electrons. The molecular formula is C21H22N2O4S. The second kappa shape index (κ2) is 9.75. The molecule has 6 nitrogen and oxygen atoms in total. The van der Waals surface area contributed by atoms with Crippen LogP contribution in [0.25, 0.3) is 0 Å². The molecule has 1 unspecified atom stereocenters. The van der Waals surface area contributed by atoms with Crippen LogP contribution in [0.2, 0.25) is 0 Å². The van der Waals surface area contributed by atoms with Crippen LogP contribution in [0.4, 0.5) is 11.4 Å². The van der Waals surface area contributed by atoms with E-state index in [0.717, 1.165) is 33.9 Å². The predicted molar refractivity (Wildman–Crippen MR) is 112 cm³/mol. The SMILES string of the molecule is Cc1cccc(NC(=O)C(C)Sc2cccc(NC(=O)/C=C/C(=O)O)c2)c1C. The first kappa shape index (κ1) is 21.2. The molecule has 2 aromatic carbocycles. The zero-order valence-electron chi connectivity index (χ0n) is 15.9. The van der Waals surface area contributed by atoms with Crippen LogP contribution >= 0.6 is 11.8 Å². The van der Waals surface area contributed by atoms with Crippen molar-refractivity contribution in [3.8, 4) is 0 Å². The summed E-state index contributed by atoms with van der Waals surface area (Å²) in [5, 5.41) is 13.7. The molecule has 0 spiro atoms. The van der Waals surface area contributed by atoms with Crippen LogP contribution < -0.4 is 10.6 Å². The van der Waals surface area contributed by atoms with Crippen molar-refractivity contribution in [3.63, 3.8) is 0 Å². The minimum Gasteiger partial charge on any atom is -0.478 e. The summed E-state index contributed by atoms with van der Waals surface area (Å²) in [5.41, 5.74) is 3.46. The van der Waals surface area contributed by atoms with Crippen LogP contribution in [-0.2, 0) is 14.4 Å². The molecule has 2 amide bonds. The lowest BCUT2D eigenvalue weighted by Gasteiger charge is -2.15. The Morgan fingerprint density at radius 1 is 1.04 bits per heavy atom. The highest BCUT2D eigenvalue weighted by atomic mass is 32.2. The number of aliphatic carboxylic acids is 1. The molecular weight excluding hydrogens is 376 g/mol. The van der Waals surface area contributed by atoms with Crippen LogP contribution in [0.15, 0.2) is 59.5 Å². The van der Waals surface area contributed by atoms with E-state index in [2.05, 4.69) is 10.6 Å². The highest BCUT2D eigenvalue weighted by Crippen LogP contribution is 2.27. The van der Waals surface area contributed by atoms with Crippen molar-refractivity contribution in [2.24, 2.45) is 0 Å². The summed E-state index contributed by atoms with van der Waals surface area (Å²) in [6.07, 6.45) is 1.72. The van der Waals surface area contributed by atoms with Crippen molar-refractivity contribution in [2.45, 2.75) is 30.9 Å². The van der Waals surface area contributed by atoms with Gasteiger partial charge >= 0.3 is 5.97 Å². The maximum Gasteiger partial charge on any atom is 0.328 e. The number of benzene rings is 2. The number of hydrogen-bond acceptors (Lipinski definition) is 4. The molecule has 0 bridgehead atoms. The van der Waals surface area contributed by atoms with Gasteiger partial charge in [0, 0.05) is 28.4 Å². The van der Waals surface area contributed by atoms with E-state index < -0.39 is 11.9 Å². The third kappa shape index (κ3) is 6.28. The van der Waals surface area contributed by atoms with Gasteiger partial charge in [0.1, 0.15) is 0 Å². The number of amides is 2. The minimum atomic E-state index is -1.19. The van der Waals surface area contributed by atoms with Crippen LogP contribution in [0.5, 0.6) is 0 Å². The number of rotatable bonds is 7. The maximum atomic E-state index is 12.5. The van der Waals surface area contributed by atoms with Gasteiger partial charge in [0.25, 0.3) is 0 Å². The number of carbonyl (C=O) groups excluding carboxylic acids is 2. The number of carboxylic acid groups (broad SMARTS) is 1. The average molecular weight is 398 g/mol. The monoisotopic (exact) mass is 398 g/mol. The number of nitrogens with one attached hydrogen (secondary N) is 2. The summed E-state index contributed by atoms with van der Waals surface area (Å²) < 4.78 is 0. The third-order valence-electron chi connectivity index (χ3n) is 4.02. The van der Waals surface area contributed by atoms with Gasteiger partial charge in [-0.1, -0.05) is 18.2 Å². The fraction of sp³-hybridized carbons (Fsp3) is 0.190. The molecule has 0 aliphatic carbocycles. The van der Waals surface area contributed by atoms with Crippen LogP contribution in [0.3, 0.4) is 0 Å². The number of thioether (sulfide) groups is 1. The normalized spacial score (nSPS) is 11.8. The standard InChI is InChI=1S/C21H22N2O4S/c1-13-6-4-9-18(14(13)2)23-21(27)15(3)28-17-8-5-7-16(12-17)22-19(24)10-11-20(25)26/h4-12,15H,1-3H3,(H,22,24)(H,23,27)(H,25,26)/b11-10+. The predicted octanol–water partition coefficient (Wildman–Crippen LogP) is 4.00. The Kier molecular flexibility index (Phi) is 7.40. The van der Waals surface area contributed by atoms with E-state index in [4.69, 9.17) is 5.11 Å². The fourth-order valence-corrected chi connectivity index (χ4v) is 3.28. The van der Waals surface area contributed by atoms with Crippen LogP contribution in [0, 0.1) is 13.8 Å². The maximum absolute atomic E-state index is 12.5. The molecule has 0 aliphatic heterocycles. The zero-order chi connectivity index (χ0) is 20.7. The molecule has 0 aromatic heterocycles. The van der Waals surface area contributed by atoms with E-state index in [-0.39, 0.29) is 11.2 Å². The van der Waals surface area contributed by atoms with Crippen molar-refractivity contribution in [3.05, 3.63) is 65.7 Å². The topological polar surface area (TPSA) is 95.5 Å². The fourth-order valence-electron chi connectivity index (χ4n) is 2.36. The number of carboxylic acids is 1. The quantitative estimate of drug-likeness (QED) is 0.484. The lowest BCUT2D eigenvalue weighted by atomic mass is 10.1. The summed E-state index contributed by atoms with van der Waals surface area (Å²) >= 11 is 1.37. The van der Waals surface area contributed by atoms with Crippen molar-refractivity contribution < 1.29 is 19.5 Å². The van der Waals surface area contributed by atoms with E-state index in [1.165, 1.54) is 11.8 Å². The number of anilines is 2. The lowest BCUT2D eigenvalue weighted by molar-refractivity contribution is -0.131. The number of hydrogen-bond donors (Lipinski definition) is 3.